The number of nitrogens with zero attached hydrogens (tertiary/aromatic N) is 3. The Balaban J connectivity index is 1.49. The summed E-state index contributed by atoms with van der Waals surface area (Å²) in [6.07, 6.45) is 3.29. The maximum atomic E-state index is 14.0. The number of hydrogen-bond donors (Lipinski definition) is 0. The molecule has 0 saturated carbocycles. The van der Waals surface area contributed by atoms with E-state index < -0.39 is 0 Å². The molecule has 0 unspecified atom stereocenters. The highest BCUT2D eigenvalue weighted by atomic mass is 19.1. The Morgan fingerprint density at radius 1 is 1.14 bits per heavy atom. The smallest absolute Gasteiger partial charge is 0.127 e. The van der Waals surface area contributed by atoms with Gasteiger partial charge < -0.3 is 9.47 Å². The van der Waals surface area contributed by atoms with Crippen molar-refractivity contribution in [2.75, 3.05) is 26.8 Å². The van der Waals surface area contributed by atoms with Crippen LogP contribution in [0.5, 0.6) is 5.75 Å². The number of morpholine rings is 1. The molecule has 5 nitrogen and oxygen atoms in total. The molecule has 4 rings (SSSR count). The van der Waals surface area contributed by atoms with Gasteiger partial charge >= 0.3 is 0 Å². The molecule has 0 bridgehead atoms. The molecular weight excluding hydrogens is 357 g/mol. The van der Waals surface area contributed by atoms with Crippen molar-refractivity contribution in [3.63, 3.8) is 0 Å². The van der Waals surface area contributed by atoms with E-state index in [9.17, 15) is 4.39 Å². The van der Waals surface area contributed by atoms with Crippen molar-refractivity contribution in [2.24, 2.45) is 0 Å². The van der Waals surface area contributed by atoms with Crippen LogP contribution in [0.25, 0.3) is 11.3 Å². The van der Waals surface area contributed by atoms with Gasteiger partial charge in [0, 0.05) is 30.8 Å². The van der Waals surface area contributed by atoms with Crippen LogP contribution in [-0.2, 0) is 11.3 Å². The van der Waals surface area contributed by atoms with Crippen molar-refractivity contribution in [2.45, 2.75) is 12.6 Å². The lowest BCUT2D eigenvalue weighted by Crippen LogP contribution is -2.38. The number of halogens is 1. The van der Waals surface area contributed by atoms with Crippen molar-refractivity contribution < 1.29 is 13.9 Å². The van der Waals surface area contributed by atoms with Gasteiger partial charge in [-0.25, -0.2) is 9.37 Å². The zero-order valence-corrected chi connectivity index (χ0v) is 15.7. The first-order valence-corrected chi connectivity index (χ1v) is 9.26. The highest BCUT2D eigenvalue weighted by Crippen LogP contribution is 2.25. The number of aromatic nitrogens is 2. The zero-order valence-electron chi connectivity index (χ0n) is 15.7. The van der Waals surface area contributed by atoms with Gasteiger partial charge in [-0.3, -0.25) is 9.88 Å². The fraction of sp³-hybridized carbons (Fsp3) is 0.273. The second-order valence-electron chi connectivity index (χ2n) is 6.74. The van der Waals surface area contributed by atoms with E-state index in [0.29, 0.717) is 25.3 Å². The van der Waals surface area contributed by atoms with Crippen molar-refractivity contribution in [1.82, 2.24) is 14.9 Å². The van der Waals surface area contributed by atoms with Crippen molar-refractivity contribution >= 4 is 0 Å². The van der Waals surface area contributed by atoms with E-state index in [1.165, 1.54) is 6.07 Å². The average molecular weight is 379 g/mol. The molecule has 0 radical (unpaired) electrons. The monoisotopic (exact) mass is 379 g/mol. The Bertz CT molecular complexity index is 933. The normalized spacial score (nSPS) is 17.4. The standard InChI is InChI=1S/C22H22FN3O2/c1-27-18-8-6-16(7-9-18)20-12-24-13-21(25-20)22-15-26(10-11-28-22)14-17-4-2-3-5-19(17)23/h2-9,12-13,22H,10-11,14-15H2,1H3/t22-/m0/s1. The summed E-state index contributed by atoms with van der Waals surface area (Å²) in [5.41, 5.74) is 3.23. The van der Waals surface area contributed by atoms with Crippen LogP contribution in [0.1, 0.15) is 17.4 Å². The Morgan fingerprint density at radius 3 is 2.75 bits per heavy atom. The van der Waals surface area contributed by atoms with Crippen LogP contribution in [0.3, 0.4) is 0 Å². The Hall–Kier alpha value is -2.83. The average Bonchev–Trinajstić information content (AvgIpc) is 2.76. The second-order valence-corrected chi connectivity index (χ2v) is 6.74. The maximum absolute atomic E-state index is 14.0. The molecule has 0 spiro atoms. The van der Waals surface area contributed by atoms with Gasteiger partial charge in [0.2, 0.25) is 0 Å². The molecule has 3 aromatic rings. The van der Waals surface area contributed by atoms with Gasteiger partial charge in [-0.05, 0) is 30.3 Å². The van der Waals surface area contributed by atoms with E-state index in [-0.39, 0.29) is 11.9 Å². The van der Waals surface area contributed by atoms with E-state index >= 15 is 0 Å². The predicted molar refractivity (Wildman–Crippen MR) is 104 cm³/mol. The van der Waals surface area contributed by atoms with Crippen molar-refractivity contribution in [3.05, 3.63) is 78.0 Å². The summed E-state index contributed by atoms with van der Waals surface area (Å²) in [7, 11) is 1.64. The molecule has 2 aromatic carbocycles. The Morgan fingerprint density at radius 2 is 1.96 bits per heavy atom. The number of ether oxygens (including phenoxy) is 2. The molecule has 28 heavy (non-hydrogen) atoms. The van der Waals surface area contributed by atoms with Gasteiger partial charge in [0.25, 0.3) is 0 Å². The minimum atomic E-state index is -0.189. The summed E-state index contributed by atoms with van der Waals surface area (Å²) >= 11 is 0. The van der Waals surface area contributed by atoms with Gasteiger partial charge in [0.1, 0.15) is 17.7 Å². The lowest BCUT2D eigenvalue weighted by molar-refractivity contribution is -0.0353. The maximum Gasteiger partial charge on any atom is 0.127 e. The van der Waals surface area contributed by atoms with Crippen LogP contribution in [0.4, 0.5) is 4.39 Å². The summed E-state index contributed by atoms with van der Waals surface area (Å²) in [5, 5.41) is 0. The first kappa shape index (κ1) is 18.5. The third-order valence-electron chi connectivity index (χ3n) is 4.87. The third kappa shape index (κ3) is 4.18. The highest BCUT2D eigenvalue weighted by molar-refractivity contribution is 5.59. The van der Waals surface area contributed by atoms with Crippen molar-refractivity contribution in [1.29, 1.82) is 0 Å². The number of methoxy groups -OCH3 is 1. The van der Waals surface area contributed by atoms with Crippen LogP contribution in [0.2, 0.25) is 0 Å². The molecule has 1 atom stereocenters. The molecule has 1 aliphatic heterocycles. The molecule has 1 saturated heterocycles. The zero-order chi connectivity index (χ0) is 19.3. The van der Waals surface area contributed by atoms with Crippen LogP contribution in [-0.4, -0.2) is 41.7 Å². The molecule has 0 aliphatic carbocycles. The summed E-state index contributed by atoms with van der Waals surface area (Å²) in [6, 6.07) is 14.6. The first-order valence-electron chi connectivity index (χ1n) is 9.26. The van der Waals surface area contributed by atoms with E-state index in [1.54, 1.807) is 25.6 Å². The summed E-state index contributed by atoms with van der Waals surface area (Å²) in [5.74, 6) is 0.624. The van der Waals surface area contributed by atoms with Gasteiger partial charge in [-0.15, -0.1) is 0 Å². The minimum absolute atomic E-state index is 0.174. The van der Waals surface area contributed by atoms with Crippen LogP contribution >= 0.6 is 0 Å². The molecule has 0 N–H and O–H groups in total. The summed E-state index contributed by atoms with van der Waals surface area (Å²) in [4.78, 5) is 11.3. The fourth-order valence-electron chi connectivity index (χ4n) is 3.33. The Kier molecular flexibility index (Phi) is 5.60. The van der Waals surface area contributed by atoms with Crippen LogP contribution in [0, 0.1) is 5.82 Å². The fourth-order valence-corrected chi connectivity index (χ4v) is 3.33. The first-order chi connectivity index (χ1) is 13.7. The number of benzene rings is 2. The predicted octanol–water partition coefficient (Wildman–Crippen LogP) is 3.86. The summed E-state index contributed by atoms with van der Waals surface area (Å²) in [6.45, 7) is 2.54. The minimum Gasteiger partial charge on any atom is -0.497 e. The lowest BCUT2D eigenvalue weighted by Gasteiger charge is -2.32. The van der Waals surface area contributed by atoms with Gasteiger partial charge in [-0.2, -0.15) is 0 Å². The molecule has 144 valence electrons. The quantitative estimate of drug-likeness (QED) is 0.674. The molecule has 1 aromatic heterocycles. The third-order valence-corrected chi connectivity index (χ3v) is 4.87. The Labute approximate surface area is 163 Å². The largest absolute Gasteiger partial charge is 0.497 e. The van der Waals surface area contributed by atoms with E-state index in [0.717, 1.165) is 29.2 Å². The highest BCUT2D eigenvalue weighted by Gasteiger charge is 2.24. The van der Waals surface area contributed by atoms with Crippen LogP contribution in [0.15, 0.2) is 60.9 Å². The molecular formula is C22H22FN3O2. The molecule has 1 aliphatic rings. The van der Waals surface area contributed by atoms with Crippen molar-refractivity contribution in [3.8, 4) is 17.0 Å². The van der Waals surface area contributed by atoms with Crippen LogP contribution < -0.4 is 4.74 Å². The molecule has 2 heterocycles. The molecule has 0 amide bonds. The lowest BCUT2D eigenvalue weighted by atomic mass is 10.1. The molecule has 1 fully saturated rings. The van der Waals surface area contributed by atoms with Gasteiger partial charge in [-0.1, -0.05) is 18.2 Å². The van der Waals surface area contributed by atoms with E-state index in [4.69, 9.17) is 14.5 Å². The SMILES string of the molecule is COc1ccc(-c2cncc([C@@H]3CN(Cc4ccccc4F)CCO3)n2)cc1. The summed E-state index contributed by atoms with van der Waals surface area (Å²) < 4.78 is 25.1. The number of hydrogen-bond acceptors (Lipinski definition) is 5. The molecule has 6 heteroatoms. The topological polar surface area (TPSA) is 47.5 Å². The second kappa shape index (κ2) is 8.46. The number of rotatable bonds is 5. The van der Waals surface area contributed by atoms with E-state index in [1.807, 2.05) is 36.4 Å². The van der Waals surface area contributed by atoms with E-state index in [2.05, 4.69) is 9.88 Å². The van der Waals surface area contributed by atoms with Gasteiger partial charge in [0.05, 0.1) is 37.5 Å². The van der Waals surface area contributed by atoms with Gasteiger partial charge in [0.15, 0.2) is 0 Å².